The Balaban J connectivity index is 1.60. The maximum Gasteiger partial charge on any atom is 0.235 e. The lowest BCUT2D eigenvalue weighted by molar-refractivity contribution is 0.996. The van der Waals surface area contributed by atoms with E-state index >= 15 is 0 Å². The van der Waals surface area contributed by atoms with Crippen LogP contribution >= 0.6 is 0 Å². The van der Waals surface area contributed by atoms with E-state index in [1.54, 1.807) is 0 Å². The second-order valence-corrected chi connectivity index (χ2v) is 8.58. The zero-order valence-electron chi connectivity index (χ0n) is 18.8. The van der Waals surface area contributed by atoms with E-state index in [4.69, 9.17) is 9.97 Å². The summed E-state index contributed by atoms with van der Waals surface area (Å²) in [5.74, 6) is 0.657. The first-order valence-electron chi connectivity index (χ1n) is 11.6. The van der Waals surface area contributed by atoms with Crippen LogP contribution in [-0.2, 0) is 0 Å². The zero-order valence-corrected chi connectivity index (χ0v) is 18.8. The van der Waals surface area contributed by atoms with Crippen LogP contribution in [0.25, 0.3) is 61.0 Å². The van der Waals surface area contributed by atoms with Crippen LogP contribution in [0.1, 0.15) is 0 Å². The van der Waals surface area contributed by atoms with Gasteiger partial charge in [0.15, 0.2) is 0 Å². The van der Waals surface area contributed by atoms with Crippen LogP contribution in [0.15, 0.2) is 122 Å². The molecule has 0 aliphatic carbocycles. The van der Waals surface area contributed by atoms with Gasteiger partial charge in [0.05, 0.1) is 22.4 Å². The van der Waals surface area contributed by atoms with Gasteiger partial charge in [0, 0.05) is 39.7 Å². The molecule has 164 valence electrons. The smallest absolute Gasteiger partial charge is 0.235 e. The fourth-order valence-electron chi connectivity index (χ4n) is 4.90. The van der Waals surface area contributed by atoms with E-state index in [9.17, 15) is 0 Å². The quantitative estimate of drug-likeness (QED) is 0.282. The number of hydrogen-bond donors (Lipinski definition) is 0. The highest BCUT2D eigenvalue weighted by molar-refractivity contribution is 6.21. The molecule has 0 atom stereocenters. The number of benzene rings is 4. The fraction of sp³-hybridized carbons (Fsp3) is 0. The molecule has 7 aromatic rings. The fourth-order valence-corrected chi connectivity index (χ4v) is 4.90. The predicted octanol–water partition coefficient (Wildman–Crippen LogP) is 7.46. The molecule has 4 heteroatoms. The Hall–Kier alpha value is -4.83. The maximum absolute atomic E-state index is 5.09. The molecule has 0 bridgehead atoms. The van der Waals surface area contributed by atoms with Gasteiger partial charge in [-0.1, -0.05) is 84.9 Å². The van der Waals surface area contributed by atoms with Crippen LogP contribution in [0.2, 0.25) is 0 Å². The Kier molecular flexibility index (Phi) is 4.42. The lowest BCUT2D eigenvalue weighted by atomic mass is 10.1. The molecule has 0 unspecified atom stereocenters. The first-order chi connectivity index (χ1) is 17.4. The summed E-state index contributed by atoms with van der Waals surface area (Å²) in [6.07, 6.45) is 3.77. The summed E-state index contributed by atoms with van der Waals surface area (Å²) in [6, 6.07) is 37.5. The minimum absolute atomic E-state index is 0.657. The van der Waals surface area contributed by atoms with E-state index in [2.05, 4.69) is 82.3 Å². The van der Waals surface area contributed by atoms with Crippen molar-refractivity contribution in [2.24, 2.45) is 0 Å². The van der Waals surface area contributed by atoms with Crippen LogP contribution in [0.4, 0.5) is 0 Å². The molecule has 0 saturated carbocycles. The van der Waals surface area contributed by atoms with Crippen molar-refractivity contribution in [2.75, 3.05) is 0 Å². The number of pyridine rings is 1. The molecule has 3 aromatic heterocycles. The molecule has 0 fully saturated rings. The minimum atomic E-state index is 0.657. The molecule has 0 aliphatic heterocycles. The average Bonchev–Trinajstić information content (AvgIpc) is 3.29. The molecule has 3 heterocycles. The van der Waals surface area contributed by atoms with Gasteiger partial charge >= 0.3 is 0 Å². The van der Waals surface area contributed by atoms with Crippen LogP contribution in [-0.4, -0.2) is 19.5 Å². The Morgan fingerprint density at radius 1 is 0.543 bits per heavy atom. The average molecular weight is 449 g/mol. The van der Waals surface area contributed by atoms with E-state index in [0.29, 0.717) is 5.95 Å². The second-order valence-electron chi connectivity index (χ2n) is 8.58. The van der Waals surface area contributed by atoms with Crippen molar-refractivity contribution < 1.29 is 0 Å². The highest BCUT2D eigenvalue weighted by Gasteiger charge is 2.18. The molecular formula is C31H20N4. The van der Waals surface area contributed by atoms with Gasteiger partial charge in [-0.05, 0) is 29.7 Å². The second kappa shape index (κ2) is 7.89. The molecule has 35 heavy (non-hydrogen) atoms. The molecule has 0 radical (unpaired) electrons. The lowest BCUT2D eigenvalue weighted by Gasteiger charge is -2.12. The van der Waals surface area contributed by atoms with Crippen molar-refractivity contribution >= 4 is 32.6 Å². The summed E-state index contributed by atoms with van der Waals surface area (Å²) in [4.78, 5) is 14.5. The molecule has 0 spiro atoms. The molecular weight excluding hydrogens is 428 g/mol. The Morgan fingerprint density at radius 3 is 1.91 bits per heavy atom. The molecule has 0 aliphatic rings. The van der Waals surface area contributed by atoms with Gasteiger partial charge in [-0.2, -0.15) is 0 Å². The standard InChI is InChI=1S/C31H20N4/c1-3-9-21(10-4-1)26-19-27(22-11-5-2-6-12-22)34-31(33-26)35-28-14-8-7-13-25(28)30-24-17-18-32-20-23(24)15-16-29(30)35/h1-20H. The third-order valence-electron chi connectivity index (χ3n) is 6.51. The first-order valence-corrected chi connectivity index (χ1v) is 11.6. The molecule has 7 rings (SSSR count). The van der Waals surface area contributed by atoms with E-state index in [1.165, 1.54) is 16.2 Å². The third-order valence-corrected chi connectivity index (χ3v) is 6.51. The number of nitrogens with zero attached hydrogens (tertiary/aromatic N) is 4. The van der Waals surface area contributed by atoms with Crippen molar-refractivity contribution in [3.05, 3.63) is 122 Å². The van der Waals surface area contributed by atoms with Gasteiger partial charge in [0.25, 0.3) is 0 Å². The van der Waals surface area contributed by atoms with Gasteiger partial charge in [0.1, 0.15) is 0 Å². The third kappa shape index (κ3) is 3.19. The molecule has 4 nitrogen and oxygen atoms in total. The zero-order chi connectivity index (χ0) is 23.2. The summed E-state index contributed by atoms with van der Waals surface area (Å²) in [7, 11) is 0. The SMILES string of the molecule is c1ccc(-c2cc(-c3ccccc3)nc(-n3c4ccccc4c4c5ccncc5ccc43)n2)cc1. The summed E-state index contributed by atoms with van der Waals surface area (Å²) in [5.41, 5.74) is 6.07. The lowest BCUT2D eigenvalue weighted by Crippen LogP contribution is -2.03. The van der Waals surface area contributed by atoms with Crippen molar-refractivity contribution in [2.45, 2.75) is 0 Å². The number of aromatic nitrogens is 4. The summed E-state index contributed by atoms with van der Waals surface area (Å²) in [5, 5.41) is 4.66. The molecule has 0 amide bonds. The summed E-state index contributed by atoms with van der Waals surface area (Å²) >= 11 is 0. The van der Waals surface area contributed by atoms with Gasteiger partial charge in [-0.15, -0.1) is 0 Å². The molecule has 0 N–H and O–H groups in total. The Bertz CT molecular complexity index is 1780. The molecule has 4 aromatic carbocycles. The van der Waals surface area contributed by atoms with Crippen LogP contribution in [0.5, 0.6) is 0 Å². The van der Waals surface area contributed by atoms with Gasteiger partial charge in [0.2, 0.25) is 5.95 Å². The maximum atomic E-state index is 5.09. The van der Waals surface area contributed by atoms with Gasteiger partial charge in [-0.25, -0.2) is 9.97 Å². The van der Waals surface area contributed by atoms with Crippen LogP contribution < -0.4 is 0 Å². The summed E-state index contributed by atoms with van der Waals surface area (Å²) in [6.45, 7) is 0. The van der Waals surface area contributed by atoms with E-state index in [0.717, 1.165) is 38.9 Å². The number of rotatable bonds is 3. The largest absolute Gasteiger partial charge is 0.278 e. The summed E-state index contributed by atoms with van der Waals surface area (Å²) < 4.78 is 2.18. The molecule has 0 saturated heterocycles. The van der Waals surface area contributed by atoms with E-state index in [-0.39, 0.29) is 0 Å². The number of fused-ring (bicyclic) bond motifs is 5. The van der Waals surface area contributed by atoms with Crippen LogP contribution in [0, 0.1) is 0 Å². The Morgan fingerprint density at radius 2 is 1.20 bits per heavy atom. The monoisotopic (exact) mass is 448 g/mol. The topological polar surface area (TPSA) is 43.6 Å². The highest BCUT2D eigenvalue weighted by Crippen LogP contribution is 2.36. The van der Waals surface area contributed by atoms with Crippen LogP contribution in [0.3, 0.4) is 0 Å². The normalized spacial score (nSPS) is 11.4. The van der Waals surface area contributed by atoms with Crippen molar-refractivity contribution in [3.63, 3.8) is 0 Å². The van der Waals surface area contributed by atoms with E-state index < -0.39 is 0 Å². The first kappa shape index (κ1) is 19.6. The number of hydrogen-bond acceptors (Lipinski definition) is 3. The van der Waals surface area contributed by atoms with Crippen molar-refractivity contribution in [3.8, 4) is 28.5 Å². The van der Waals surface area contributed by atoms with Crippen molar-refractivity contribution in [1.82, 2.24) is 19.5 Å². The highest BCUT2D eigenvalue weighted by atomic mass is 15.2. The van der Waals surface area contributed by atoms with Crippen molar-refractivity contribution in [1.29, 1.82) is 0 Å². The van der Waals surface area contributed by atoms with Gasteiger partial charge in [-0.3, -0.25) is 9.55 Å². The van der Waals surface area contributed by atoms with Gasteiger partial charge < -0.3 is 0 Å². The Labute approximate surface area is 202 Å². The van der Waals surface area contributed by atoms with E-state index in [1.807, 2.05) is 48.8 Å². The minimum Gasteiger partial charge on any atom is -0.278 e. The number of para-hydroxylation sites is 1. The predicted molar refractivity (Wildman–Crippen MR) is 143 cm³/mol.